The Kier molecular flexibility index (Phi) is 19.4. The standard InChI is InChI=1S/C82H78Br2N2/c1-7-9-11-15-25-67-55-82(80-50-46-76(54-60(80)6)86(72-41-33-64(34-42-72)62-29-37-70(84)38-30-62)74-44-48-78(58(4)52-74)66-23-19-14-20-24-66)68(26-16-12-10-8-2)56-81(67)79-49-45-75(53-59(79)5)85(71-39-31-63(32-40-71)61-27-35-69(83)36-28-61)73-43-47-77(57(3)51-73)65-21-17-13-18-22-65/h13-14,17-24,27-56H,7-12,15-16,25-26H2,1-6H3. The van der Waals surface area contributed by atoms with Crippen LogP contribution in [-0.4, -0.2) is 0 Å². The average molecular weight is 1250 g/mol. The molecule has 0 aromatic heterocycles. The zero-order valence-corrected chi connectivity index (χ0v) is 54.0. The van der Waals surface area contributed by atoms with Gasteiger partial charge in [0.25, 0.3) is 0 Å². The van der Waals surface area contributed by atoms with Crippen molar-refractivity contribution in [3.63, 3.8) is 0 Å². The van der Waals surface area contributed by atoms with Crippen molar-refractivity contribution >= 4 is 66.0 Å². The summed E-state index contributed by atoms with van der Waals surface area (Å²) in [6, 6.07) is 90.3. The lowest BCUT2D eigenvalue weighted by atomic mass is 9.84. The predicted octanol–water partition coefficient (Wildman–Crippen LogP) is 25.6. The van der Waals surface area contributed by atoms with Gasteiger partial charge in [0, 0.05) is 43.1 Å². The van der Waals surface area contributed by atoms with Gasteiger partial charge in [0.2, 0.25) is 0 Å². The summed E-state index contributed by atoms with van der Waals surface area (Å²) < 4.78 is 2.16. The summed E-state index contributed by atoms with van der Waals surface area (Å²) in [6.07, 6.45) is 11.7. The third kappa shape index (κ3) is 13.8. The molecule has 11 aromatic rings. The predicted molar refractivity (Wildman–Crippen MR) is 378 cm³/mol. The van der Waals surface area contributed by atoms with E-state index in [2.05, 4.69) is 326 Å². The molecule has 0 aliphatic rings. The highest BCUT2D eigenvalue weighted by molar-refractivity contribution is 9.10. The Morgan fingerprint density at radius 2 is 0.547 bits per heavy atom. The van der Waals surface area contributed by atoms with Gasteiger partial charge >= 0.3 is 0 Å². The number of aryl methyl sites for hydroxylation is 6. The maximum Gasteiger partial charge on any atom is 0.0464 e. The molecule has 0 spiro atoms. The van der Waals surface area contributed by atoms with E-state index < -0.39 is 0 Å². The second kappa shape index (κ2) is 28.0. The summed E-state index contributed by atoms with van der Waals surface area (Å²) in [5, 5.41) is 0. The highest BCUT2D eigenvalue weighted by Crippen LogP contribution is 2.45. The summed E-state index contributed by atoms with van der Waals surface area (Å²) in [4.78, 5) is 4.87. The first-order valence-electron chi connectivity index (χ1n) is 31.1. The molecule has 0 heterocycles. The molecule has 0 bridgehead atoms. The average Bonchev–Trinajstić information content (AvgIpc) is 2.14. The number of rotatable bonds is 22. The van der Waals surface area contributed by atoms with E-state index in [0.29, 0.717) is 0 Å². The molecule has 0 amide bonds. The Hall–Kier alpha value is -8.02. The largest absolute Gasteiger partial charge is 0.310 e. The van der Waals surface area contributed by atoms with Crippen LogP contribution in [0.4, 0.5) is 34.1 Å². The molecule has 0 unspecified atom stereocenters. The van der Waals surface area contributed by atoms with Crippen molar-refractivity contribution in [2.24, 2.45) is 0 Å². The minimum absolute atomic E-state index is 1.03. The Morgan fingerprint density at radius 1 is 0.256 bits per heavy atom. The quantitative estimate of drug-likeness (QED) is 0.0624. The van der Waals surface area contributed by atoms with Crippen LogP contribution in [0.1, 0.15) is 98.6 Å². The summed E-state index contributed by atoms with van der Waals surface area (Å²) in [5.41, 5.74) is 29.8. The normalized spacial score (nSPS) is 11.3. The number of nitrogens with zero attached hydrogens (tertiary/aromatic N) is 2. The van der Waals surface area contributed by atoms with Gasteiger partial charge in [0.1, 0.15) is 0 Å². The zero-order valence-electron chi connectivity index (χ0n) is 50.8. The van der Waals surface area contributed by atoms with Crippen LogP contribution in [0.25, 0.3) is 66.8 Å². The van der Waals surface area contributed by atoms with Gasteiger partial charge in [-0.3, -0.25) is 0 Å². The van der Waals surface area contributed by atoms with E-state index in [4.69, 9.17) is 0 Å². The van der Waals surface area contributed by atoms with Crippen LogP contribution in [0.3, 0.4) is 0 Å². The Morgan fingerprint density at radius 3 is 0.849 bits per heavy atom. The summed E-state index contributed by atoms with van der Waals surface area (Å²) >= 11 is 7.26. The monoisotopic (exact) mass is 1250 g/mol. The summed E-state index contributed by atoms with van der Waals surface area (Å²) in [7, 11) is 0. The van der Waals surface area contributed by atoms with Crippen LogP contribution in [0.2, 0.25) is 0 Å². The van der Waals surface area contributed by atoms with Crippen molar-refractivity contribution < 1.29 is 0 Å². The molecule has 2 nitrogen and oxygen atoms in total. The summed E-state index contributed by atoms with van der Waals surface area (Å²) in [6.45, 7) is 13.8. The molecular weight excluding hydrogens is 1170 g/mol. The fourth-order valence-electron chi connectivity index (χ4n) is 12.5. The fraction of sp³-hybridized carbons (Fsp3) is 0.195. The minimum atomic E-state index is 1.03. The third-order valence-electron chi connectivity index (χ3n) is 17.2. The van der Waals surface area contributed by atoms with Crippen molar-refractivity contribution in [1.82, 2.24) is 0 Å². The Balaban J connectivity index is 0.997. The van der Waals surface area contributed by atoms with Crippen molar-refractivity contribution in [3.05, 3.63) is 285 Å². The first-order chi connectivity index (χ1) is 42.0. The van der Waals surface area contributed by atoms with Crippen molar-refractivity contribution in [2.75, 3.05) is 9.80 Å². The first-order valence-corrected chi connectivity index (χ1v) is 32.6. The third-order valence-corrected chi connectivity index (χ3v) is 18.2. The van der Waals surface area contributed by atoms with E-state index >= 15 is 0 Å². The van der Waals surface area contributed by atoms with Crippen LogP contribution in [-0.2, 0) is 12.8 Å². The van der Waals surface area contributed by atoms with Gasteiger partial charge in [-0.05, 0) is 251 Å². The zero-order chi connectivity index (χ0) is 59.5. The molecule has 430 valence electrons. The first kappa shape index (κ1) is 59.7. The number of anilines is 6. The molecule has 0 saturated heterocycles. The van der Waals surface area contributed by atoms with Gasteiger partial charge in [0.05, 0.1) is 0 Å². The molecule has 0 aliphatic heterocycles. The van der Waals surface area contributed by atoms with E-state index in [0.717, 1.165) is 68.8 Å². The smallest absolute Gasteiger partial charge is 0.0464 e. The molecule has 0 radical (unpaired) electrons. The van der Waals surface area contributed by atoms with Gasteiger partial charge in [-0.2, -0.15) is 0 Å². The van der Waals surface area contributed by atoms with Gasteiger partial charge in [-0.1, -0.05) is 230 Å². The van der Waals surface area contributed by atoms with E-state index in [-0.39, 0.29) is 0 Å². The Labute approximate surface area is 529 Å². The van der Waals surface area contributed by atoms with E-state index in [9.17, 15) is 0 Å². The van der Waals surface area contributed by atoms with Gasteiger partial charge in [0.15, 0.2) is 0 Å². The maximum absolute atomic E-state index is 3.63. The van der Waals surface area contributed by atoms with Gasteiger partial charge < -0.3 is 9.80 Å². The molecule has 0 fully saturated rings. The fourth-order valence-corrected chi connectivity index (χ4v) is 13.0. The number of hydrogen-bond donors (Lipinski definition) is 0. The second-order valence-electron chi connectivity index (χ2n) is 23.3. The van der Waals surface area contributed by atoms with Gasteiger partial charge in [-0.15, -0.1) is 0 Å². The van der Waals surface area contributed by atoms with Crippen LogP contribution in [0, 0.1) is 27.7 Å². The van der Waals surface area contributed by atoms with E-state index in [1.54, 1.807) is 0 Å². The highest BCUT2D eigenvalue weighted by atomic mass is 79.9. The lowest BCUT2D eigenvalue weighted by molar-refractivity contribution is 0.664. The maximum atomic E-state index is 3.63. The van der Waals surface area contributed by atoms with Crippen LogP contribution < -0.4 is 9.80 Å². The molecule has 0 N–H and O–H groups in total. The Bertz CT molecular complexity index is 3790. The summed E-state index contributed by atoms with van der Waals surface area (Å²) in [5.74, 6) is 0. The number of unbranched alkanes of at least 4 members (excludes halogenated alkanes) is 6. The molecule has 0 saturated carbocycles. The van der Waals surface area contributed by atoms with Crippen LogP contribution >= 0.6 is 31.9 Å². The van der Waals surface area contributed by atoms with Crippen LogP contribution in [0.5, 0.6) is 0 Å². The molecule has 0 aliphatic carbocycles. The van der Waals surface area contributed by atoms with E-state index in [1.807, 2.05) is 0 Å². The topological polar surface area (TPSA) is 6.48 Å². The second-order valence-corrected chi connectivity index (χ2v) is 25.1. The molecule has 11 aromatic carbocycles. The molecular formula is C82H78Br2N2. The van der Waals surface area contributed by atoms with E-state index in [1.165, 1.54) is 139 Å². The molecule has 0 atom stereocenters. The minimum Gasteiger partial charge on any atom is -0.310 e. The molecule has 11 rings (SSSR count). The number of benzene rings is 11. The van der Waals surface area contributed by atoms with Crippen LogP contribution in [0.15, 0.2) is 252 Å². The van der Waals surface area contributed by atoms with Crippen molar-refractivity contribution in [1.29, 1.82) is 0 Å². The lowest BCUT2D eigenvalue weighted by Gasteiger charge is -2.28. The van der Waals surface area contributed by atoms with Gasteiger partial charge in [-0.25, -0.2) is 0 Å². The van der Waals surface area contributed by atoms with Crippen molar-refractivity contribution in [3.8, 4) is 66.8 Å². The lowest BCUT2D eigenvalue weighted by Crippen LogP contribution is -2.11. The SMILES string of the molecule is CCCCCCc1cc(-c2ccc(N(c3ccc(-c4ccc(Br)cc4)cc3)c3ccc(-c4ccccc4)c(C)c3)cc2C)c(CCCCCC)cc1-c1ccc(N(c2ccc(-c3ccc(Br)cc3)cc2)c2ccc(-c3ccccc3)c(C)c2)cc1C. The molecule has 4 heteroatoms. The van der Waals surface area contributed by atoms with Crippen molar-refractivity contribution in [2.45, 2.75) is 106 Å². The highest BCUT2D eigenvalue weighted by Gasteiger charge is 2.22. The number of halogens is 2. The molecule has 86 heavy (non-hydrogen) atoms. The number of hydrogen-bond acceptors (Lipinski definition) is 2.